The standard InChI is InChI=1S/C16H18N2O4S/c1-10(2)16(15-4-3-5-23-15)17-8-11-6-13-14(22-9-21-13)7-12(11)18(19)20/h3-7,10,16-17H,8-9H2,1-2H3/t16-/m1/s1. The molecule has 0 radical (unpaired) electrons. The van der Waals surface area contributed by atoms with E-state index >= 15 is 0 Å². The summed E-state index contributed by atoms with van der Waals surface area (Å²) in [5.41, 5.74) is 0.650. The lowest BCUT2D eigenvalue weighted by Crippen LogP contribution is -2.25. The molecule has 1 aliphatic rings. The number of fused-ring (bicyclic) bond motifs is 1. The van der Waals surface area contributed by atoms with Crippen LogP contribution in [0.5, 0.6) is 11.5 Å². The molecule has 2 aromatic rings. The first kappa shape index (κ1) is 15.8. The van der Waals surface area contributed by atoms with Crippen molar-refractivity contribution in [3.8, 4) is 11.5 Å². The fraction of sp³-hybridized carbons (Fsp3) is 0.375. The third-order valence-electron chi connectivity index (χ3n) is 3.80. The zero-order chi connectivity index (χ0) is 16.4. The van der Waals surface area contributed by atoms with Gasteiger partial charge in [-0.3, -0.25) is 10.1 Å². The molecule has 0 saturated heterocycles. The summed E-state index contributed by atoms with van der Waals surface area (Å²) >= 11 is 1.68. The Balaban J connectivity index is 1.83. The predicted molar refractivity (Wildman–Crippen MR) is 88.0 cm³/mol. The van der Waals surface area contributed by atoms with Gasteiger partial charge in [0.1, 0.15) is 0 Å². The number of hydrogen-bond acceptors (Lipinski definition) is 6. The van der Waals surface area contributed by atoms with Crippen molar-refractivity contribution in [2.45, 2.75) is 26.4 Å². The fourth-order valence-corrected chi connectivity index (χ4v) is 3.61. The molecule has 0 fully saturated rings. The van der Waals surface area contributed by atoms with Gasteiger partial charge in [0.25, 0.3) is 5.69 Å². The van der Waals surface area contributed by atoms with E-state index in [-0.39, 0.29) is 23.4 Å². The van der Waals surface area contributed by atoms with Crippen LogP contribution in [0.1, 0.15) is 30.3 Å². The molecule has 1 N–H and O–H groups in total. The first-order chi connectivity index (χ1) is 11.1. The largest absolute Gasteiger partial charge is 0.454 e. The zero-order valence-corrected chi connectivity index (χ0v) is 13.8. The lowest BCUT2D eigenvalue weighted by atomic mass is 10.0. The van der Waals surface area contributed by atoms with Crippen molar-refractivity contribution in [1.82, 2.24) is 5.32 Å². The Morgan fingerprint density at radius 1 is 1.35 bits per heavy atom. The quantitative estimate of drug-likeness (QED) is 0.641. The highest BCUT2D eigenvalue weighted by molar-refractivity contribution is 7.10. The van der Waals surface area contributed by atoms with Gasteiger partial charge in [-0.1, -0.05) is 19.9 Å². The Hall–Kier alpha value is -2.12. The molecular weight excluding hydrogens is 316 g/mol. The normalized spacial score (nSPS) is 14.2. The molecule has 1 aromatic carbocycles. The molecule has 0 unspecified atom stereocenters. The van der Waals surface area contributed by atoms with Crippen LogP contribution in [0.2, 0.25) is 0 Å². The van der Waals surface area contributed by atoms with Crippen LogP contribution in [0.4, 0.5) is 5.69 Å². The van der Waals surface area contributed by atoms with Gasteiger partial charge >= 0.3 is 0 Å². The molecule has 1 aliphatic heterocycles. The van der Waals surface area contributed by atoms with Crippen LogP contribution in [0.15, 0.2) is 29.6 Å². The minimum atomic E-state index is -0.380. The van der Waals surface area contributed by atoms with E-state index in [9.17, 15) is 10.1 Å². The number of nitrogens with zero attached hydrogens (tertiary/aromatic N) is 1. The number of nitrogens with one attached hydrogen (secondary N) is 1. The van der Waals surface area contributed by atoms with Crippen molar-refractivity contribution >= 4 is 17.0 Å². The van der Waals surface area contributed by atoms with Gasteiger partial charge in [0, 0.05) is 23.0 Å². The van der Waals surface area contributed by atoms with E-state index in [1.807, 2.05) is 11.4 Å². The molecule has 0 spiro atoms. The molecule has 0 aliphatic carbocycles. The van der Waals surface area contributed by atoms with E-state index in [1.165, 1.54) is 10.9 Å². The number of rotatable bonds is 6. The summed E-state index contributed by atoms with van der Waals surface area (Å²) in [7, 11) is 0. The van der Waals surface area contributed by atoms with Gasteiger partial charge in [0.2, 0.25) is 6.79 Å². The summed E-state index contributed by atoms with van der Waals surface area (Å²) in [6.07, 6.45) is 0. The third-order valence-corrected chi connectivity index (χ3v) is 4.75. The Morgan fingerprint density at radius 2 is 2.09 bits per heavy atom. The Labute approximate surface area is 138 Å². The molecule has 0 saturated carbocycles. The van der Waals surface area contributed by atoms with Crippen LogP contribution in [-0.4, -0.2) is 11.7 Å². The summed E-state index contributed by atoms with van der Waals surface area (Å²) in [6.45, 7) is 4.76. The average molecular weight is 334 g/mol. The summed E-state index contributed by atoms with van der Waals surface area (Å²) in [6, 6.07) is 7.38. The summed E-state index contributed by atoms with van der Waals surface area (Å²) < 4.78 is 10.6. The monoisotopic (exact) mass is 334 g/mol. The van der Waals surface area contributed by atoms with Crippen molar-refractivity contribution in [1.29, 1.82) is 0 Å². The smallest absolute Gasteiger partial charge is 0.277 e. The van der Waals surface area contributed by atoms with Gasteiger partial charge in [-0.25, -0.2) is 0 Å². The molecule has 6 nitrogen and oxygen atoms in total. The molecule has 122 valence electrons. The third kappa shape index (κ3) is 3.30. The van der Waals surface area contributed by atoms with Crippen LogP contribution in [0, 0.1) is 16.0 Å². The second-order valence-electron chi connectivity index (χ2n) is 5.71. The van der Waals surface area contributed by atoms with Gasteiger partial charge in [-0.05, 0) is 23.4 Å². The van der Waals surface area contributed by atoms with Crippen molar-refractivity contribution < 1.29 is 14.4 Å². The van der Waals surface area contributed by atoms with Gasteiger partial charge in [0.15, 0.2) is 11.5 Å². The zero-order valence-electron chi connectivity index (χ0n) is 12.9. The van der Waals surface area contributed by atoms with Gasteiger partial charge in [-0.15, -0.1) is 11.3 Å². The molecule has 0 amide bonds. The number of thiophene rings is 1. The molecular formula is C16H18N2O4S. The topological polar surface area (TPSA) is 73.6 Å². The van der Waals surface area contributed by atoms with E-state index in [0.29, 0.717) is 29.5 Å². The highest BCUT2D eigenvalue weighted by Gasteiger charge is 2.24. The van der Waals surface area contributed by atoms with Crippen molar-refractivity contribution in [3.05, 3.63) is 50.2 Å². The Morgan fingerprint density at radius 3 is 2.70 bits per heavy atom. The van der Waals surface area contributed by atoms with E-state index in [2.05, 4.69) is 25.2 Å². The first-order valence-electron chi connectivity index (χ1n) is 7.40. The lowest BCUT2D eigenvalue weighted by molar-refractivity contribution is -0.385. The van der Waals surface area contributed by atoms with Crippen molar-refractivity contribution in [2.75, 3.05) is 6.79 Å². The van der Waals surface area contributed by atoms with Crippen LogP contribution < -0.4 is 14.8 Å². The van der Waals surface area contributed by atoms with Crippen molar-refractivity contribution in [2.24, 2.45) is 5.92 Å². The van der Waals surface area contributed by atoms with Gasteiger partial charge < -0.3 is 14.8 Å². The summed E-state index contributed by atoms with van der Waals surface area (Å²) in [5.74, 6) is 1.37. The maximum absolute atomic E-state index is 11.3. The molecule has 7 heteroatoms. The van der Waals surface area contributed by atoms with E-state index in [1.54, 1.807) is 17.4 Å². The van der Waals surface area contributed by atoms with E-state index in [4.69, 9.17) is 9.47 Å². The lowest BCUT2D eigenvalue weighted by Gasteiger charge is -2.21. The Kier molecular flexibility index (Phi) is 4.49. The van der Waals surface area contributed by atoms with E-state index < -0.39 is 0 Å². The maximum atomic E-state index is 11.3. The number of ether oxygens (including phenoxy) is 2. The highest BCUT2D eigenvalue weighted by atomic mass is 32.1. The minimum Gasteiger partial charge on any atom is -0.454 e. The van der Waals surface area contributed by atoms with E-state index in [0.717, 1.165) is 0 Å². The van der Waals surface area contributed by atoms with Gasteiger partial charge in [-0.2, -0.15) is 0 Å². The summed E-state index contributed by atoms with van der Waals surface area (Å²) in [4.78, 5) is 12.2. The number of nitro groups is 1. The van der Waals surface area contributed by atoms with Crippen LogP contribution >= 0.6 is 11.3 Å². The maximum Gasteiger partial charge on any atom is 0.277 e. The number of benzene rings is 1. The highest BCUT2D eigenvalue weighted by Crippen LogP contribution is 2.38. The van der Waals surface area contributed by atoms with Crippen LogP contribution in [0.25, 0.3) is 0 Å². The van der Waals surface area contributed by atoms with Gasteiger partial charge in [0.05, 0.1) is 11.0 Å². The summed E-state index contributed by atoms with van der Waals surface area (Å²) in [5, 5.41) is 16.8. The number of hydrogen-bond donors (Lipinski definition) is 1. The molecule has 0 bridgehead atoms. The molecule has 2 heterocycles. The van der Waals surface area contributed by atoms with Crippen LogP contribution in [-0.2, 0) is 6.54 Å². The fourth-order valence-electron chi connectivity index (χ4n) is 2.64. The molecule has 3 rings (SSSR count). The molecule has 1 atom stereocenters. The second-order valence-corrected chi connectivity index (χ2v) is 6.69. The Bertz CT molecular complexity index is 700. The minimum absolute atomic E-state index is 0.0513. The molecule has 1 aromatic heterocycles. The number of nitro benzene ring substituents is 1. The van der Waals surface area contributed by atoms with Crippen molar-refractivity contribution in [3.63, 3.8) is 0 Å². The van der Waals surface area contributed by atoms with Crippen LogP contribution in [0.3, 0.4) is 0 Å². The average Bonchev–Trinajstić information content (AvgIpc) is 3.16. The second kappa shape index (κ2) is 6.55. The SMILES string of the molecule is CC(C)[C@@H](NCc1cc2c(cc1[N+](=O)[O-])OCO2)c1cccs1. The first-order valence-corrected chi connectivity index (χ1v) is 8.28. The molecule has 23 heavy (non-hydrogen) atoms. The predicted octanol–water partition coefficient (Wildman–Crippen LogP) is 3.87.